The van der Waals surface area contributed by atoms with Crippen LogP contribution in [0.2, 0.25) is 0 Å². The highest BCUT2D eigenvalue weighted by Gasteiger charge is 2.18. The van der Waals surface area contributed by atoms with Gasteiger partial charge in [-0.2, -0.15) is 0 Å². The van der Waals surface area contributed by atoms with Crippen molar-refractivity contribution in [2.45, 2.75) is 40.5 Å². The Morgan fingerprint density at radius 3 is 1.75 bits per heavy atom. The van der Waals surface area contributed by atoms with Crippen molar-refractivity contribution in [1.82, 2.24) is 10.6 Å². The molecule has 0 aliphatic heterocycles. The Kier molecular flexibility index (Phi) is 9.99. The average Bonchev–Trinajstić information content (AvgIpc) is 2.65. The third-order valence-corrected chi connectivity index (χ3v) is 4.15. The molecule has 0 atom stereocenters. The van der Waals surface area contributed by atoms with Crippen molar-refractivity contribution in [3.05, 3.63) is 41.0 Å². The Hall–Kier alpha value is -2.63. The van der Waals surface area contributed by atoms with Gasteiger partial charge in [0.2, 0.25) is 0 Å². The normalized spacial score (nSPS) is 10.5. The highest BCUT2D eigenvalue weighted by molar-refractivity contribution is 6.21. The zero-order valence-corrected chi connectivity index (χ0v) is 17.5. The SMILES string of the molecule is COC(=O)c1ccc(C=C(C(=O)NCCC(C)C)C(=O)NCCC(C)C)cc1. The van der Waals surface area contributed by atoms with E-state index in [0.717, 1.165) is 12.8 Å². The van der Waals surface area contributed by atoms with Gasteiger partial charge in [0.25, 0.3) is 11.8 Å². The fourth-order valence-corrected chi connectivity index (χ4v) is 2.37. The van der Waals surface area contributed by atoms with Crippen molar-refractivity contribution in [1.29, 1.82) is 0 Å². The fourth-order valence-electron chi connectivity index (χ4n) is 2.37. The van der Waals surface area contributed by atoms with Gasteiger partial charge in [-0.3, -0.25) is 9.59 Å². The molecule has 0 aliphatic carbocycles. The molecule has 1 rings (SSSR count). The lowest BCUT2D eigenvalue weighted by atomic mass is 10.1. The Balaban J connectivity index is 2.97. The number of carbonyl (C=O) groups excluding carboxylic acids is 3. The van der Waals surface area contributed by atoms with Gasteiger partial charge in [0, 0.05) is 13.1 Å². The van der Waals surface area contributed by atoms with Gasteiger partial charge in [0.05, 0.1) is 12.7 Å². The van der Waals surface area contributed by atoms with Crippen LogP contribution < -0.4 is 10.6 Å². The second-order valence-electron chi connectivity index (χ2n) is 7.55. The lowest BCUT2D eigenvalue weighted by molar-refractivity contribution is -0.123. The first-order valence-corrected chi connectivity index (χ1v) is 9.71. The van der Waals surface area contributed by atoms with Crippen LogP contribution in [0.5, 0.6) is 0 Å². The summed E-state index contributed by atoms with van der Waals surface area (Å²) in [6.45, 7) is 9.31. The lowest BCUT2D eigenvalue weighted by Crippen LogP contribution is -2.36. The molecule has 0 saturated carbocycles. The van der Waals surface area contributed by atoms with E-state index in [2.05, 4.69) is 43.1 Å². The minimum atomic E-state index is -0.436. The molecule has 2 amide bonds. The summed E-state index contributed by atoms with van der Waals surface area (Å²) in [4.78, 5) is 36.7. The summed E-state index contributed by atoms with van der Waals surface area (Å²) >= 11 is 0. The number of rotatable bonds is 10. The molecule has 0 aromatic heterocycles. The summed E-state index contributed by atoms with van der Waals surface area (Å²) in [6.07, 6.45) is 3.21. The Morgan fingerprint density at radius 1 is 0.893 bits per heavy atom. The van der Waals surface area contributed by atoms with Crippen molar-refractivity contribution < 1.29 is 19.1 Å². The molecule has 0 bridgehead atoms. The second kappa shape index (κ2) is 12.0. The van der Waals surface area contributed by atoms with Crippen molar-refractivity contribution in [3.8, 4) is 0 Å². The number of nitrogens with one attached hydrogen (secondary N) is 2. The van der Waals surface area contributed by atoms with Crippen LogP contribution in [-0.4, -0.2) is 38.0 Å². The average molecular weight is 389 g/mol. The standard InChI is InChI=1S/C22H32N2O4/c1-15(2)10-12-23-20(25)19(21(26)24-13-11-16(3)4)14-17-6-8-18(9-7-17)22(27)28-5/h6-9,14-16H,10-13H2,1-5H3,(H,23,25)(H,24,26). The van der Waals surface area contributed by atoms with E-state index in [9.17, 15) is 14.4 Å². The van der Waals surface area contributed by atoms with Gasteiger partial charge >= 0.3 is 5.97 Å². The van der Waals surface area contributed by atoms with E-state index in [1.165, 1.54) is 13.2 Å². The van der Waals surface area contributed by atoms with Crippen LogP contribution in [0.3, 0.4) is 0 Å². The van der Waals surface area contributed by atoms with Crippen molar-refractivity contribution in [2.24, 2.45) is 11.8 Å². The minimum Gasteiger partial charge on any atom is -0.465 e. The highest BCUT2D eigenvalue weighted by Crippen LogP contribution is 2.11. The molecule has 154 valence electrons. The molecule has 0 unspecified atom stereocenters. The molecule has 0 aliphatic rings. The van der Waals surface area contributed by atoms with Gasteiger partial charge < -0.3 is 15.4 Å². The van der Waals surface area contributed by atoms with Crippen molar-refractivity contribution in [3.63, 3.8) is 0 Å². The summed E-state index contributed by atoms with van der Waals surface area (Å²) < 4.78 is 4.68. The van der Waals surface area contributed by atoms with E-state index in [1.807, 2.05) is 0 Å². The number of hydrogen-bond donors (Lipinski definition) is 2. The van der Waals surface area contributed by atoms with Crippen LogP contribution in [0.4, 0.5) is 0 Å². The molecule has 0 radical (unpaired) electrons. The number of hydrogen-bond acceptors (Lipinski definition) is 4. The van der Waals surface area contributed by atoms with Crippen LogP contribution in [-0.2, 0) is 14.3 Å². The van der Waals surface area contributed by atoms with Crippen LogP contribution >= 0.6 is 0 Å². The van der Waals surface area contributed by atoms with Crippen LogP contribution in [0.25, 0.3) is 6.08 Å². The molecular formula is C22H32N2O4. The maximum absolute atomic E-state index is 12.6. The second-order valence-corrected chi connectivity index (χ2v) is 7.55. The highest BCUT2D eigenvalue weighted by atomic mass is 16.5. The molecular weight excluding hydrogens is 356 g/mol. The van der Waals surface area contributed by atoms with Gasteiger partial charge in [-0.1, -0.05) is 39.8 Å². The summed E-state index contributed by atoms with van der Waals surface area (Å²) in [7, 11) is 1.32. The maximum Gasteiger partial charge on any atom is 0.337 e. The Labute approximate surface area is 167 Å². The molecule has 1 aromatic rings. The lowest BCUT2D eigenvalue weighted by Gasteiger charge is -2.12. The first-order valence-electron chi connectivity index (χ1n) is 9.71. The van der Waals surface area contributed by atoms with Crippen LogP contribution in [0.15, 0.2) is 29.8 Å². The van der Waals surface area contributed by atoms with Crippen molar-refractivity contribution in [2.75, 3.05) is 20.2 Å². The number of benzene rings is 1. The van der Waals surface area contributed by atoms with Crippen LogP contribution in [0, 0.1) is 11.8 Å². The molecule has 2 N–H and O–H groups in total. The van der Waals surface area contributed by atoms with Crippen LogP contribution in [0.1, 0.15) is 56.5 Å². The molecule has 1 aromatic carbocycles. The number of methoxy groups -OCH3 is 1. The van der Waals surface area contributed by atoms with Gasteiger partial charge in [-0.25, -0.2) is 4.79 Å². The molecule has 28 heavy (non-hydrogen) atoms. The predicted molar refractivity (Wildman–Crippen MR) is 111 cm³/mol. The Bertz CT molecular complexity index is 663. The maximum atomic E-state index is 12.6. The van der Waals surface area contributed by atoms with Gasteiger partial charge in [0.15, 0.2) is 0 Å². The Morgan fingerprint density at radius 2 is 1.36 bits per heavy atom. The minimum absolute atomic E-state index is 0.0540. The van der Waals surface area contributed by atoms with E-state index >= 15 is 0 Å². The van der Waals surface area contributed by atoms with Crippen molar-refractivity contribution >= 4 is 23.9 Å². The monoisotopic (exact) mass is 388 g/mol. The smallest absolute Gasteiger partial charge is 0.337 e. The quantitative estimate of drug-likeness (QED) is 0.279. The molecule has 0 spiro atoms. The largest absolute Gasteiger partial charge is 0.465 e. The van der Waals surface area contributed by atoms with E-state index < -0.39 is 17.8 Å². The molecule has 0 saturated heterocycles. The molecule has 0 heterocycles. The fraction of sp³-hybridized carbons (Fsp3) is 0.500. The first-order chi connectivity index (χ1) is 13.2. The zero-order valence-electron chi connectivity index (χ0n) is 17.5. The zero-order chi connectivity index (χ0) is 21.1. The summed E-state index contributed by atoms with van der Waals surface area (Å²) in [5, 5.41) is 5.62. The summed E-state index contributed by atoms with van der Waals surface area (Å²) in [5.74, 6) is -0.329. The number of ether oxygens (including phenoxy) is 1. The number of amides is 2. The van der Waals surface area contributed by atoms with E-state index in [-0.39, 0.29) is 5.57 Å². The predicted octanol–water partition coefficient (Wildman–Crippen LogP) is 3.18. The first kappa shape index (κ1) is 23.4. The summed E-state index contributed by atoms with van der Waals surface area (Å²) in [5.41, 5.74) is 1.11. The molecule has 6 nitrogen and oxygen atoms in total. The van der Waals surface area contributed by atoms with Gasteiger partial charge in [-0.05, 0) is 48.4 Å². The van der Waals surface area contributed by atoms with E-state index in [0.29, 0.717) is 36.1 Å². The third kappa shape index (κ3) is 8.37. The molecule has 6 heteroatoms. The molecule has 0 fully saturated rings. The van der Waals surface area contributed by atoms with Gasteiger partial charge in [0.1, 0.15) is 5.57 Å². The van der Waals surface area contributed by atoms with Gasteiger partial charge in [-0.15, -0.1) is 0 Å². The van der Waals surface area contributed by atoms with E-state index in [1.54, 1.807) is 24.3 Å². The van der Waals surface area contributed by atoms with E-state index in [4.69, 9.17) is 0 Å². The summed E-state index contributed by atoms with van der Waals surface area (Å²) in [6, 6.07) is 6.55. The number of esters is 1. The third-order valence-electron chi connectivity index (χ3n) is 4.15. The topological polar surface area (TPSA) is 84.5 Å². The number of carbonyl (C=O) groups is 3.